The van der Waals surface area contributed by atoms with Crippen LogP contribution in [-0.2, 0) is 13.2 Å². The Balaban J connectivity index is 1.27. The van der Waals surface area contributed by atoms with E-state index in [0.29, 0.717) is 29.5 Å². The monoisotopic (exact) mass is 396 g/mol. The number of nitrogens with one attached hydrogen (secondary N) is 1. The molecule has 0 spiro atoms. The molecular formula is C21H20N2O4S. The lowest BCUT2D eigenvalue weighted by atomic mass is 10.1. The molecule has 144 valence electrons. The van der Waals surface area contributed by atoms with Crippen molar-refractivity contribution in [3.05, 3.63) is 69.6 Å². The summed E-state index contributed by atoms with van der Waals surface area (Å²) in [5.41, 5.74) is 1.51. The van der Waals surface area contributed by atoms with Crippen molar-refractivity contribution >= 4 is 23.0 Å². The molecule has 2 heterocycles. The van der Waals surface area contributed by atoms with Crippen LogP contribution in [0.15, 0.2) is 46.2 Å². The highest BCUT2D eigenvalue weighted by molar-refractivity contribution is 7.09. The average Bonchev–Trinajstić information content (AvgIpc) is 3.25. The summed E-state index contributed by atoms with van der Waals surface area (Å²) in [6.07, 6.45) is 2.44. The number of ether oxygens (including phenoxy) is 1. The Morgan fingerprint density at radius 1 is 1.21 bits per heavy atom. The van der Waals surface area contributed by atoms with E-state index in [2.05, 4.69) is 10.3 Å². The number of rotatable bonds is 8. The van der Waals surface area contributed by atoms with Crippen molar-refractivity contribution in [1.82, 2.24) is 10.3 Å². The molecule has 4 rings (SSSR count). The summed E-state index contributed by atoms with van der Waals surface area (Å²) in [6, 6.07) is 10.2. The summed E-state index contributed by atoms with van der Waals surface area (Å²) in [6.45, 7) is 2.10. The number of Topliss-reactive ketones (excluding diaryl/α,β-unsaturated/α-hetero) is 1. The van der Waals surface area contributed by atoms with E-state index in [1.807, 2.05) is 5.38 Å². The Morgan fingerprint density at radius 2 is 2.00 bits per heavy atom. The summed E-state index contributed by atoms with van der Waals surface area (Å²) < 4.78 is 11.2. The molecule has 0 bridgehead atoms. The van der Waals surface area contributed by atoms with E-state index < -0.39 is 0 Å². The van der Waals surface area contributed by atoms with Gasteiger partial charge in [-0.15, -0.1) is 11.3 Å². The highest BCUT2D eigenvalue weighted by Crippen LogP contribution is 2.41. The summed E-state index contributed by atoms with van der Waals surface area (Å²) in [5, 5.41) is 5.99. The number of carbonyl (C=O) groups is 2. The largest absolute Gasteiger partial charge is 0.486 e. The molecule has 3 aromatic rings. The van der Waals surface area contributed by atoms with Crippen LogP contribution in [0.5, 0.6) is 5.75 Å². The first kappa shape index (κ1) is 18.4. The third-order valence-electron chi connectivity index (χ3n) is 4.45. The SMILES string of the molecule is CC(=O)c1ccc(OCc2ccc(C(=O)NCc3csc(C4CC4)n3)o2)cc1. The Bertz CT molecular complexity index is 986. The van der Waals surface area contributed by atoms with Gasteiger partial charge in [0, 0.05) is 16.9 Å². The highest BCUT2D eigenvalue weighted by atomic mass is 32.1. The quantitative estimate of drug-likeness (QED) is 0.573. The van der Waals surface area contributed by atoms with Gasteiger partial charge in [0.2, 0.25) is 0 Å². The maximum Gasteiger partial charge on any atom is 0.287 e. The second kappa shape index (κ2) is 7.98. The molecule has 1 saturated carbocycles. The predicted molar refractivity (Wildman–Crippen MR) is 105 cm³/mol. The van der Waals surface area contributed by atoms with Crippen LogP contribution in [0.4, 0.5) is 0 Å². The first-order chi connectivity index (χ1) is 13.6. The molecule has 1 aliphatic rings. The molecule has 0 aliphatic heterocycles. The number of benzene rings is 1. The number of hydrogen-bond acceptors (Lipinski definition) is 6. The van der Waals surface area contributed by atoms with Crippen molar-refractivity contribution in [2.24, 2.45) is 0 Å². The van der Waals surface area contributed by atoms with Crippen LogP contribution in [0.1, 0.15) is 63.1 Å². The van der Waals surface area contributed by atoms with Gasteiger partial charge in [-0.3, -0.25) is 9.59 Å². The molecule has 1 N–H and O–H groups in total. The summed E-state index contributed by atoms with van der Waals surface area (Å²) >= 11 is 1.66. The second-order valence-electron chi connectivity index (χ2n) is 6.77. The molecule has 6 nitrogen and oxygen atoms in total. The predicted octanol–water partition coefficient (Wildman–Crippen LogP) is 4.33. The highest BCUT2D eigenvalue weighted by Gasteiger charge is 2.26. The smallest absolute Gasteiger partial charge is 0.287 e. The first-order valence-corrected chi connectivity index (χ1v) is 10.0. The zero-order valence-corrected chi connectivity index (χ0v) is 16.3. The summed E-state index contributed by atoms with van der Waals surface area (Å²) in [7, 11) is 0. The standard InChI is InChI=1S/C21H20N2O4S/c1-13(24)14-4-6-17(7-5-14)26-11-18-8-9-19(27-18)20(25)22-10-16-12-28-21(23-16)15-2-3-15/h4-9,12,15H,2-3,10-11H2,1H3,(H,22,25). The Morgan fingerprint density at radius 3 is 2.71 bits per heavy atom. The fourth-order valence-electron chi connectivity index (χ4n) is 2.70. The third kappa shape index (κ3) is 4.48. The maximum absolute atomic E-state index is 12.3. The molecule has 0 radical (unpaired) electrons. The minimum absolute atomic E-state index is 0.00894. The number of thiazole rings is 1. The van der Waals surface area contributed by atoms with Crippen LogP contribution in [0.2, 0.25) is 0 Å². The Kier molecular flexibility index (Phi) is 5.25. The van der Waals surface area contributed by atoms with Gasteiger partial charge in [-0.05, 0) is 56.2 Å². The number of amides is 1. The number of hydrogen-bond donors (Lipinski definition) is 1. The van der Waals surface area contributed by atoms with E-state index >= 15 is 0 Å². The van der Waals surface area contributed by atoms with Gasteiger partial charge in [0.1, 0.15) is 18.1 Å². The molecule has 1 aliphatic carbocycles. The van der Waals surface area contributed by atoms with Crippen LogP contribution in [-0.4, -0.2) is 16.7 Å². The number of furan rings is 1. The molecule has 0 atom stereocenters. The molecule has 1 fully saturated rings. The molecule has 0 unspecified atom stereocenters. The maximum atomic E-state index is 12.3. The fraction of sp³-hybridized carbons (Fsp3) is 0.286. The molecule has 28 heavy (non-hydrogen) atoms. The number of aromatic nitrogens is 1. The van der Waals surface area contributed by atoms with Crippen LogP contribution in [0, 0.1) is 0 Å². The van der Waals surface area contributed by atoms with Gasteiger partial charge in [-0.25, -0.2) is 4.98 Å². The molecular weight excluding hydrogens is 376 g/mol. The second-order valence-corrected chi connectivity index (χ2v) is 7.66. The van der Waals surface area contributed by atoms with E-state index in [4.69, 9.17) is 9.15 Å². The van der Waals surface area contributed by atoms with Gasteiger partial charge < -0.3 is 14.5 Å². The third-order valence-corrected chi connectivity index (χ3v) is 5.51. The first-order valence-electron chi connectivity index (χ1n) is 9.13. The summed E-state index contributed by atoms with van der Waals surface area (Å²) in [4.78, 5) is 28.1. The van der Waals surface area contributed by atoms with Crippen LogP contribution >= 0.6 is 11.3 Å². The zero-order chi connectivity index (χ0) is 19.5. The van der Waals surface area contributed by atoms with Gasteiger partial charge in [0.25, 0.3) is 5.91 Å². The van der Waals surface area contributed by atoms with E-state index in [1.165, 1.54) is 19.8 Å². The van der Waals surface area contributed by atoms with Crippen LogP contribution in [0.25, 0.3) is 0 Å². The number of nitrogens with zero attached hydrogens (tertiary/aromatic N) is 1. The zero-order valence-electron chi connectivity index (χ0n) is 15.4. The summed E-state index contributed by atoms with van der Waals surface area (Å²) in [5.74, 6) is 1.77. The normalized spacial score (nSPS) is 13.3. The lowest BCUT2D eigenvalue weighted by molar-refractivity contribution is 0.0918. The lowest BCUT2D eigenvalue weighted by Gasteiger charge is -2.05. The van der Waals surface area contributed by atoms with E-state index in [0.717, 1.165) is 10.7 Å². The number of carbonyl (C=O) groups excluding carboxylic acids is 2. The minimum Gasteiger partial charge on any atom is -0.486 e. The van der Waals surface area contributed by atoms with Crippen molar-refractivity contribution in [3.8, 4) is 5.75 Å². The van der Waals surface area contributed by atoms with Gasteiger partial charge in [-0.2, -0.15) is 0 Å². The van der Waals surface area contributed by atoms with Crippen molar-refractivity contribution in [2.45, 2.75) is 38.8 Å². The van der Waals surface area contributed by atoms with E-state index in [-0.39, 0.29) is 24.1 Å². The average molecular weight is 396 g/mol. The molecule has 7 heteroatoms. The number of ketones is 1. The van der Waals surface area contributed by atoms with Gasteiger partial charge in [0.05, 0.1) is 17.2 Å². The van der Waals surface area contributed by atoms with Crippen LogP contribution < -0.4 is 10.1 Å². The lowest BCUT2D eigenvalue weighted by Crippen LogP contribution is -2.22. The van der Waals surface area contributed by atoms with Crippen molar-refractivity contribution in [3.63, 3.8) is 0 Å². The fourth-order valence-corrected chi connectivity index (χ4v) is 3.69. The van der Waals surface area contributed by atoms with E-state index in [9.17, 15) is 9.59 Å². The minimum atomic E-state index is -0.280. The van der Waals surface area contributed by atoms with Crippen molar-refractivity contribution < 1.29 is 18.7 Å². The van der Waals surface area contributed by atoms with Gasteiger partial charge in [0.15, 0.2) is 11.5 Å². The van der Waals surface area contributed by atoms with Crippen molar-refractivity contribution in [2.75, 3.05) is 0 Å². The Labute approximate surface area is 166 Å². The molecule has 1 aromatic carbocycles. The molecule has 1 amide bonds. The molecule has 0 saturated heterocycles. The molecule has 2 aromatic heterocycles. The van der Waals surface area contributed by atoms with Gasteiger partial charge >= 0.3 is 0 Å². The Hall–Kier alpha value is -2.93. The topological polar surface area (TPSA) is 81.4 Å². The van der Waals surface area contributed by atoms with Crippen molar-refractivity contribution in [1.29, 1.82) is 0 Å². The van der Waals surface area contributed by atoms with E-state index in [1.54, 1.807) is 47.7 Å². The van der Waals surface area contributed by atoms with Gasteiger partial charge in [-0.1, -0.05) is 0 Å². The van der Waals surface area contributed by atoms with Crippen LogP contribution in [0.3, 0.4) is 0 Å².